The summed E-state index contributed by atoms with van der Waals surface area (Å²) in [6.07, 6.45) is 0. The molecule has 29 heavy (non-hydrogen) atoms. The van der Waals surface area contributed by atoms with Gasteiger partial charge in [0, 0.05) is 12.1 Å². The lowest BCUT2D eigenvalue weighted by molar-refractivity contribution is 0.0945. The third-order valence-electron chi connectivity index (χ3n) is 4.73. The highest BCUT2D eigenvalue weighted by molar-refractivity contribution is 6.30. The van der Waals surface area contributed by atoms with Gasteiger partial charge in [-0.3, -0.25) is 4.79 Å². The van der Waals surface area contributed by atoms with Crippen molar-refractivity contribution in [3.8, 4) is 5.75 Å². The van der Waals surface area contributed by atoms with Crippen LogP contribution in [0.3, 0.4) is 0 Å². The summed E-state index contributed by atoms with van der Waals surface area (Å²) < 4.78 is 7.87. The number of halogens is 1. The Kier molecular flexibility index (Phi) is 5.49. The molecule has 0 aliphatic carbocycles. The Bertz CT molecular complexity index is 1150. The average molecular weight is 406 g/mol. The first-order valence-electron chi connectivity index (χ1n) is 9.26. The lowest BCUT2D eigenvalue weighted by Gasteiger charge is -2.12. The van der Waals surface area contributed by atoms with Crippen molar-refractivity contribution in [1.29, 1.82) is 0 Å². The standard InChI is InChI=1S/C23H20ClN3O2/c1-27-20-8-4-3-7-19(20)26-22(27)14-25-23(28)18-6-2-5-9-21(18)29-15-16-10-12-17(24)13-11-16/h2-13H,14-15H2,1H3,(H,25,28). The Labute approximate surface area is 173 Å². The molecule has 0 atom stereocenters. The second-order valence-electron chi connectivity index (χ2n) is 6.67. The lowest BCUT2D eigenvalue weighted by Crippen LogP contribution is -2.25. The number of carbonyl (C=O) groups excluding carboxylic acids is 1. The number of rotatable bonds is 6. The molecule has 1 aromatic heterocycles. The topological polar surface area (TPSA) is 56.2 Å². The third-order valence-corrected chi connectivity index (χ3v) is 4.98. The van der Waals surface area contributed by atoms with Gasteiger partial charge in [-0.2, -0.15) is 0 Å². The third kappa shape index (κ3) is 4.25. The SMILES string of the molecule is Cn1c(CNC(=O)c2ccccc2OCc2ccc(Cl)cc2)nc2ccccc21. The summed E-state index contributed by atoms with van der Waals surface area (Å²) in [7, 11) is 1.94. The number of ether oxygens (including phenoxy) is 1. The Morgan fingerprint density at radius 3 is 2.55 bits per heavy atom. The molecule has 1 heterocycles. The molecule has 1 amide bonds. The summed E-state index contributed by atoms with van der Waals surface area (Å²) >= 11 is 5.92. The van der Waals surface area contributed by atoms with E-state index in [1.165, 1.54) is 0 Å². The molecule has 3 aromatic carbocycles. The van der Waals surface area contributed by atoms with E-state index in [9.17, 15) is 4.79 Å². The van der Waals surface area contributed by atoms with Crippen molar-refractivity contribution in [2.45, 2.75) is 13.2 Å². The molecule has 0 unspecified atom stereocenters. The molecule has 4 aromatic rings. The molecule has 4 rings (SSSR count). The maximum absolute atomic E-state index is 12.8. The number of imidazole rings is 1. The second kappa shape index (κ2) is 8.37. The zero-order chi connectivity index (χ0) is 20.2. The molecular weight excluding hydrogens is 386 g/mol. The van der Waals surface area contributed by atoms with Crippen molar-refractivity contribution in [2.24, 2.45) is 7.05 Å². The fourth-order valence-corrected chi connectivity index (χ4v) is 3.26. The van der Waals surface area contributed by atoms with Gasteiger partial charge in [0.15, 0.2) is 0 Å². The Hall–Kier alpha value is -3.31. The number of amides is 1. The number of benzene rings is 3. The van der Waals surface area contributed by atoms with Gasteiger partial charge in [0.1, 0.15) is 18.2 Å². The number of nitrogens with one attached hydrogen (secondary N) is 1. The molecule has 0 saturated heterocycles. The number of nitrogens with zero attached hydrogens (tertiary/aromatic N) is 2. The molecule has 146 valence electrons. The number of para-hydroxylation sites is 3. The summed E-state index contributed by atoms with van der Waals surface area (Å²) in [4.78, 5) is 17.4. The van der Waals surface area contributed by atoms with Gasteiger partial charge in [-0.15, -0.1) is 0 Å². The summed E-state index contributed by atoms with van der Waals surface area (Å²) in [5.74, 6) is 1.12. The Morgan fingerprint density at radius 2 is 1.76 bits per heavy atom. The van der Waals surface area contributed by atoms with Crippen LogP contribution in [-0.2, 0) is 20.2 Å². The van der Waals surface area contributed by atoms with Crippen molar-refractivity contribution in [3.63, 3.8) is 0 Å². The molecular formula is C23H20ClN3O2. The van der Waals surface area contributed by atoms with Crippen LogP contribution in [0.5, 0.6) is 5.75 Å². The molecule has 0 radical (unpaired) electrons. The number of hydrogen-bond acceptors (Lipinski definition) is 3. The number of hydrogen-bond donors (Lipinski definition) is 1. The van der Waals surface area contributed by atoms with E-state index in [1.807, 2.05) is 72.3 Å². The van der Waals surface area contributed by atoms with Gasteiger partial charge in [0.05, 0.1) is 23.1 Å². The number of carbonyl (C=O) groups is 1. The summed E-state index contributed by atoms with van der Waals surface area (Å²) in [6, 6.07) is 22.5. The first kappa shape index (κ1) is 19.0. The van der Waals surface area contributed by atoms with Crippen LogP contribution >= 0.6 is 11.6 Å². The monoisotopic (exact) mass is 405 g/mol. The van der Waals surface area contributed by atoms with Crippen molar-refractivity contribution >= 4 is 28.5 Å². The van der Waals surface area contributed by atoms with Crippen molar-refractivity contribution < 1.29 is 9.53 Å². The molecule has 5 nitrogen and oxygen atoms in total. The number of aryl methyl sites for hydroxylation is 1. The fraction of sp³-hybridized carbons (Fsp3) is 0.130. The van der Waals surface area contributed by atoms with E-state index in [0.717, 1.165) is 22.4 Å². The fourth-order valence-electron chi connectivity index (χ4n) is 3.13. The minimum Gasteiger partial charge on any atom is -0.488 e. The van der Waals surface area contributed by atoms with E-state index < -0.39 is 0 Å². The van der Waals surface area contributed by atoms with Gasteiger partial charge in [-0.05, 0) is 42.0 Å². The van der Waals surface area contributed by atoms with Crippen molar-refractivity contribution in [1.82, 2.24) is 14.9 Å². The highest BCUT2D eigenvalue weighted by atomic mass is 35.5. The van der Waals surface area contributed by atoms with Gasteiger partial charge >= 0.3 is 0 Å². The second-order valence-corrected chi connectivity index (χ2v) is 7.11. The quantitative estimate of drug-likeness (QED) is 0.504. The molecule has 6 heteroatoms. The van der Waals surface area contributed by atoms with Gasteiger partial charge < -0.3 is 14.6 Å². The first-order valence-corrected chi connectivity index (χ1v) is 9.64. The normalized spacial score (nSPS) is 10.8. The zero-order valence-corrected chi connectivity index (χ0v) is 16.7. The van der Waals surface area contributed by atoms with Crippen molar-refractivity contribution in [2.75, 3.05) is 0 Å². The van der Waals surface area contributed by atoms with E-state index in [0.29, 0.717) is 29.5 Å². The predicted octanol–water partition coefficient (Wildman–Crippen LogP) is 4.74. The van der Waals surface area contributed by atoms with E-state index in [1.54, 1.807) is 12.1 Å². The molecule has 0 aliphatic rings. The van der Waals surface area contributed by atoms with Gasteiger partial charge in [-0.1, -0.05) is 48.0 Å². The molecule has 0 bridgehead atoms. The van der Waals surface area contributed by atoms with E-state index >= 15 is 0 Å². The summed E-state index contributed by atoms with van der Waals surface area (Å²) in [6.45, 7) is 0.682. The maximum atomic E-state index is 12.8. The lowest BCUT2D eigenvalue weighted by atomic mass is 10.2. The molecule has 0 aliphatic heterocycles. The molecule has 0 fully saturated rings. The molecule has 1 N–H and O–H groups in total. The van der Waals surface area contributed by atoms with Crippen LogP contribution in [0.1, 0.15) is 21.7 Å². The van der Waals surface area contributed by atoms with Crippen LogP contribution in [0.25, 0.3) is 11.0 Å². The largest absolute Gasteiger partial charge is 0.488 e. The minimum atomic E-state index is -0.205. The number of fused-ring (bicyclic) bond motifs is 1. The predicted molar refractivity (Wildman–Crippen MR) is 114 cm³/mol. The van der Waals surface area contributed by atoms with E-state index in [2.05, 4.69) is 10.3 Å². The van der Waals surface area contributed by atoms with E-state index in [4.69, 9.17) is 16.3 Å². The molecule has 0 saturated carbocycles. The highest BCUT2D eigenvalue weighted by Gasteiger charge is 2.14. The smallest absolute Gasteiger partial charge is 0.255 e. The van der Waals surface area contributed by atoms with Crippen LogP contribution in [-0.4, -0.2) is 15.5 Å². The average Bonchev–Trinajstić information content (AvgIpc) is 3.08. The van der Waals surface area contributed by atoms with Crippen LogP contribution in [0.4, 0.5) is 0 Å². The zero-order valence-electron chi connectivity index (χ0n) is 15.9. The minimum absolute atomic E-state index is 0.205. The first-order chi connectivity index (χ1) is 14.1. The highest BCUT2D eigenvalue weighted by Crippen LogP contribution is 2.20. The van der Waals surface area contributed by atoms with E-state index in [-0.39, 0.29) is 5.91 Å². The summed E-state index contributed by atoms with van der Waals surface area (Å²) in [5, 5.41) is 3.62. The van der Waals surface area contributed by atoms with Gasteiger partial charge in [-0.25, -0.2) is 4.98 Å². The van der Waals surface area contributed by atoms with Gasteiger partial charge in [0.2, 0.25) is 0 Å². The Balaban J connectivity index is 1.45. The van der Waals surface area contributed by atoms with Crippen LogP contribution in [0.2, 0.25) is 5.02 Å². The summed E-state index contributed by atoms with van der Waals surface area (Å²) in [5.41, 5.74) is 3.40. The van der Waals surface area contributed by atoms with Crippen LogP contribution < -0.4 is 10.1 Å². The Morgan fingerprint density at radius 1 is 1.03 bits per heavy atom. The maximum Gasteiger partial charge on any atom is 0.255 e. The van der Waals surface area contributed by atoms with Crippen LogP contribution in [0, 0.1) is 0 Å². The molecule has 0 spiro atoms. The van der Waals surface area contributed by atoms with Gasteiger partial charge in [0.25, 0.3) is 5.91 Å². The number of aromatic nitrogens is 2. The van der Waals surface area contributed by atoms with Crippen molar-refractivity contribution in [3.05, 3.63) is 94.8 Å². The van der Waals surface area contributed by atoms with Crippen LogP contribution in [0.15, 0.2) is 72.8 Å².